The molecule has 5 heteroatoms. The van der Waals surface area contributed by atoms with E-state index in [-0.39, 0.29) is 18.3 Å². The van der Waals surface area contributed by atoms with E-state index >= 15 is 0 Å². The molecule has 0 heterocycles. The van der Waals surface area contributed by atoms with Crippen LogP contribution in [0, 0.1) is 0 Å². The molecule has 1 rings (SSSR count). The number of carbonyl (C=O) groups is 1. The fourth-order valence-corrected chi connectivity index (χ4v) is 2.24. The van der Waals surface area contributed by atoms with Crippen LogP contribution in [-0.4, -0.2) is 43.6 Å². The first-order valence-corrected chi connectivity index (χ1v) is 8.35. The quantitative estimate of drug-likeness (QED) is 0.627. The van der Waals surface area contributed by atoms with Gasteiger partial charge in [-0.2, -0.15) is 0 Å². The molecule has 0 bridgehead atoms. The highest BCUT2D eigenvalue weighted by Crippen LogP contribution is 2.14. The minimum absolute atomic E-state index is 0. The molecular weight excluding hydrogens is 312 g/mol. The standard InChI is InChI=1S/C18H30N2O2.ClH/c1-4-6-14-22-18-9-7-8-17(15-18)10-11-19-12-13-20(5-2)16(3)21;/h7-9,15,19H,4-6,10-14H2,1-3H3;1H. The van der Waals surface area contributed by atoms with Crippen molar-refractivity contribution in [3.05, 3.63) is 29.8 Å². The largest absolute Gasteiger partial charge is 0.494 e. The number of nitrogens with zero attached hydrogens (tertiary/aromatic N) is 1. The van der Waals surface area contributed by atoms with Gasteiger partial charge >= 0.3 is 0 Å². The van der Waals surface area contributed by atoms with Crippen LogP contribution < -0.4 is 10.1 Å². The molecule has 0 radical (unpaired) electrons. The topological polar surface area (TPSA) is 41.6 Å². The van der Waals surface area contributed by atoms with Gasteiger partial charge in [0.25, 0.3) is 0 Å². The summed E-state index contributed by atoms with van der Waals surface area (Å²) in [6.45, 7) is 9.86. The summed E-state index contributed by atoms with van der Waals surface area (Å²) in [7, 11) is 0. The first-order valence-electron chi connectivity index (χ1n) is 8.35. The predicted molar refractivity (Wildman–Crippen MR) is 98.6 cm³/mol. The smallest absolute Gasteiger partial charge is 0.219 e. The molecule has 0 unspecified atom stereocenters. The first kappa shape index (κ1) is 21.7. The maximum absolute atomic E-state index is 11.3. The van der Waals surface area contributed by atoms with Crippen LogP contribution in [-0.2, 0) is 11.2 Å². The molecule has 0 aliphatic carbocycles. The molecule has 0 aliphatic heterocycles. The predicted octanol–water partition coefficient (Wildman–Crippen LogP) is 3.29. The second kappa shape index (κ2) is 13.2. The number of amides is 1. The van der Waals surface area contributed by atoms with Crippen LogP contribution in [0.15, 0.2) is 24.3 Å². The average molecular weight is 343 g/mol. The van der Waals surface area contributed by atoms with Crippen LogP contribution in [0.1, 0.15) is 39.2 Å². The van der Waals surface area contributed by atoms with Crippen molar-refractivity contribution >= 4 is 18.3 Å². The lowest BCUT2D eigenvalue weighted by Crippen LogP contribution is -2.35. The molecule has 0 saturated carbocycles. The normalized spacial score (nSPS) is 10.0. The lowest BCUT2D eigenvalue weighted by molar-refractivity contribution is -0.128. The van der Waals surface area contributed by atoms with E-state index in [0.717, 1.165) is 57.8 Å². The maximum atomic E-state index is 11.3. The van der Waals surface area contributed by atoms with Gasteiger partial charge < -0.3 is 15.0 Å². The zero-order chi connectivity index (χ0) is 16.2. The molecule has 1 N–H and O–H groups in total. The number of carbonyl (C=O) groups excluding carboxylic acids is 1. The van der Waals surface area contributed by atoms with E-state index in [1.807, 2.05) is 24.0 Å². The van der Waals surface area contributed by atoms with Crippen LogP contribution in [0.2, 0.25) is 0 Å². The molecule has 0 fully saturated rings. The van der Waals surface area contributed by atoms with Gasteiger partial charge in [0.2, 0.25) is 5.91 Å². The number of hydrogen-bond acceptors (Lipinski definition) is 3. The zero-order valence-corrected chi connectivity index (χ0v) is 15.5. The Hall–Kier alpha value is -1.26. The summed E-state index contributed by atoms with van der Waals surface area (Å²) in [5.74, 6) is 1.10. The maximum Gasteiger partial charge on any atom is 0.219 e. The Labute approximate surface area is 147 Å². The van der Waals surface area contributed by atoms with Gasteiger partial charge in [-0.25, -0.2) is 0 Å². The average Bonchev–Trinajstić information content (AvgIpc) is 2.51. The molecule has 23 heavy (non-hydrogen) atoms. The molecule has 1 aromatic carbocycles. The van der Waals surface area contributed by atoms with Gasteiger partial charge in [0, 0.05) is 26.6 Å². The van der Waals surface area contributed by atoms with Gasteiger partial charge in [0.05, 0.1) is 6.61 Å². The van der Waals surface area contributed by atoms with E-state index in [0.29, 0.717) is 0 Å². The number of unbranched alkanes of at least 4 members (excludes halogenated alkanes) is 1. The van der Waals surface area contributed by atoms with Crippen LogP contribution in [0.3, 0.4) is 0 Å². The fourth-order valence-electron chi connectivity index (χ4n) is 2.24. The van der Waals surface area contributed by atoms with E-state index in [2.05, 4.69) is 24.4 Å². The van der Waals surface area contributed by atoms with Crippen molar-refractivity contribution in [2.45, 2.75) is 40.0 Å². The highest BCUT2D eigenvalue weighted by atomic mass is 35.5. The van der Waals surface area contributed by atoms with E-state index in [1.165, 1.54) is 5.56 Å². The molecule has 0 aliphatic rings. The van der Waals surface area contributed by atoms with Crippen molar-refractivity contribution in [2.75, 3.05) is 32.8 Å². The Kier molecular flexibility index (Phi) is 12.5. The number of rotatable bonds is 11. The molecule has 0 atom stereocenters. The monoisotopic (exact) mass is 342 g/mol. The third kappa shape index (κ3) is 9.47. The number of likely N-dealkylation sites (N-methyl/N-ethyl adjacent to an activating group) is 1. The van der Waals surface area contributed by atoms with Crippen molar-refractivity contribution in [1.82, 2.24) is 10.2 Å². The highest BCUT2D eigenvalue weighted by Gasteiger charge is 2.04. The van der Waals surface area contributed by atoms with Crippen molar-refractivity contribution < 1.29 is 9.53 Å². The number of hydrogen-bond donors (Lipinski definition) is 1. The Balaban J connectivity index is 0.00000484. The number of nitrogens with one attached hydrogen (secondary N) is 1. The summed E-state index contributed by atoms with van der Waals surface area (Å²) in [5, 5.41) is 3.39. The summed E-state index contributed by atoms with van der Waals surface area (Å²) in [6.07, 6.45) is 3.21. The van der Waals surface area contributed by atoms with E-state index in [1.54, 1.807) is 6.92 Å². The second-order valence-corrected chi connectivity index (χ2v) is 5.45. The van der Waals surface area contributed by atoms with E-state index in [4.69, 9.17) is 4.74 Å². The van der Waals surface area contributed by atoms with Crippen LogP contribution in [0.25, 0.3) is 0 Å². The summed E-state index contributed by atoms with van der Waals surface area (Å²) in [5.41, 5.74) is 1.28. The number of benzene rings is 1. The van der Waals surface area contributed by atoms with Gasteiger partial charge in [-0.3, -0.25) is 4.79 Å². The Morgan fingerprint density at radius 3 is 2.70 bits per heavy atom. The van der Waals surface area contributed by atoms with Gasteiger partial charge in [-0.1, -0.05) is 25.5 Å². The molecule has 1 amide bonds. The fraction of sp³-hybridized carbons (Fsp3) is 0.611. The first-order chi connectivity index (χ1) is 10.7. The van der Waals surface area contributed by atoms with Crippen molar-refractivity contribution in [3.8, 4) is 5.75 Å². The van der Waals surface area contributed by atoms with Gasteiger partial charge in [-0.15, -0.1) is 12.4 Å². The summed E-state index contributed by atoms with van der Waals surface area (Å²) < 4.78 is 5.72. The van der Waals surface area contributed by atoms with Gasteiger partial charge in [0.15, 0.2) is 0 Å². The molecule has 132 valence electrons. The summed E-state index contributed by atoms with van der Waals surface area (Å²) in [4.78, 5) is 13.1. The third-order valence-corrected chi connectivity index (χ3v) is 3.64. The molecular formula is C18H31ClN2O2. The lowest BCUT2D eigenvalue weighted by atomic mass is 10.1. The van der Waals surface area contributed by atoms with Crippen LogP contribution in [0.4, 0.5) is 0 Å². The lowest BCUT2D eigenvalue weighted by Gasteiger charge is -2.18. The Morgan fingerprint density at radius 1 is 1.26 bits per heavy atom. The highest BCUT2D eigenvalue weighted by molar-refractivity contribution is 5.85. The molecule has 1 aromatic rings. The molecule has 0 saturated heterocycles. The van der Waals surface area contributed by atoms with E-state index in [9.17, 15) is 4.79 Å². The minimum Gasteiger partial charge on any atom is -0.494 e. The zero-order valence-electron chi connectivity index (χ0n) is 14.6. The summed E-state index contributed by atoms with van der Waals surface area (Å²) in [6, 6.07) is 8.30. The molecule has 0 spiro atoms. The number of ether oxygens (including phenoxy) is 1. The van der Waals surface area contributed by atoms with Gasteiger partial charge in [0.1, 0.15) is 5.75 Å². The minimum atomic E-state index is 0. The van der Waals surface area contributed by atoms with Crippen molar-refractivity contribution in [2.24, 2.45) is 0 Å². The molecule has 4 nitrogen and oxygen atoms in total. The summed E-state index contributed by atoms with van der Waals surface area (Å²) >= 11 is 0. The Bertz CT molecular complexity index is 441. The number of halogens is 1. The molecule has 0 aromatic heterocycles. The Morgan fingerprint density at radius 2 is 2.04 bits per heavy atom. The van der Waals surface area contributed by atoms with Crippen molar-refractivity contribution in [1.29, 1.82) is 0 Å². The van der Waals surface area contributed by atoms with E-state index < -0.39 is 0 Å². The second-order valence-electron chi connectivity index (χ2n) is 5.45. The third-order valence-electron chi connectivity index (χ3n) is 3.64. The van der Waals surface area contributed by atoms with Crippen LogP contribution in [0.5, 0.6) is 5.75 Å². The van der Waals surface area contributed by atoms with Gasteiger partial charge in [-0.05, 0) is 44.0 Å². The van der Waals surface area contributed by atoms with Crippen LogP contribution >= 0.6 is 12.4 Å². The van der Waals surface area contributed by atoms with Crippen molar-refractivity contribution in [3.63, 3.8) is 0 Å². The SMILES string of the molecule is CCCCOc1cccc(CCNCCN(CC)C(C)=O)c1.Cl.